The van der Waals surface area contributed by atoms with E-state index in [2.05, 4.69) is 46.0 Å². The van der Waals surface area contributed by atoms with Crippen molar-refractivity contribution >= 4 is 21.7 Å². The summed E-state index contributed by atoms with van der Waals surface area (Å²) in [6.07, 6.45) is 1.75. The van der Waals surface area contributed by atoms with Crippen LogP contribution in [0.1, 0.15) is 11.1 Å². The third-order valence-electron chi connectivity index (χ3n) is 2.62. The molecule has 1 aromatic heterocycles. The molecule has 1 aromatic carbocycles. The molecule has 0 unspecified atom stereocenters. The number of benzene rings is 1. The van der Waals surface area contributed by atoms with Crippen molar-refractivity contribution in [3.63, 3.8) is 0 Å². The van der Waals surface area contributed by atoms with Gasteiger partial charge >= 0.3 is 0 Å². The summed E-state index contributed by atoms with van der Waals surface area (Å²) in [4.78, 5) is 0. The van der Waals surface area contributed by atoms with Gasteiger partial charge in [-0.15, -0.1) is 0 Å². The molecule has 78 valence electrons. The molecule has 3 N–H and O–H groups in total. The number of rotatable bonds is 1. The minimum atomic E-state index is 0.601. The van der Waals surface area contributed by atoms with Crippen molar-refractivity contribution in [1.29, 1.82) is 0 Å². The molecule has 0 radical (unpaired) electrons. The zero-order chi connectivity index (χ0) is 11.0. The summed E-state index contributed by atoms with van der Waals surface area (Å²) in [7, 11) is 0. The van der Waals surface area contributed by atoms with Crippen molar-refractivity contribution in [2.75, 3.05) is 5.73 Å². The highest BCUT2D eigenvalue weighted by molar-refractivity contribution is 9.10. The summed E-state index contributed by atoms with van der Waals surface area (Å²) in [6, 6.07) is 4.11. The van der Waals surface area contributed by atoms with Gasteiger partial charge in [-0.3, -0.25) is 5.10 Å². The van der Waals surface area contributed by atoms with E-state index in [1.165, 1.54) is 11.1 Å². The van der Waals surface area contributed by atoms with Crippen molar-refractivity contribution in [2.45, 2.75) is 13.8 Å². The topological polar surface area (TPSA) is 54.7 Å². The van der Waals surface area contributed by atoms with Crippen LogP contribution < -0.4 is 5.73 Å². The van der Waals surface area contributed by atoms with Crippen LogP contribution in [0.15, 0.2) is 22.8 Å². The van der Waals surface area contributed by atoms with Gasteiger partial charge in [-0.2, -0.15) is 5.10 Å². The first-order chi connectivity index (χ1) is 7.11. The fourth-order valence-corrected chi connectivity index (χ4v) is 2.25. The van der Waals surface area contributed by atoms with E-state index in [4.69, 9.17) is 5.73 Å². The number of nitrogen functional groups attached to an aromatic ring is 1. The quantitative estimate of drug-likeness (QED) is 0.833. The molecule has 0 aliphatic carbocycles. The molecule has 4 heteroatoms. The van der Waals surface area contributed by atoms with E-state index in [0.717, 1.165) is 15.6 Å². The minimum Gasteiger partial charge on any atom is -0.384 e. The second kappa shape index (κ2) is 3.70. The van der Waals surface area contributed by atoms with Gasteiger partial charge in [0, 0.05) is 15.6 Å². The lowest BCUT2D eigenvalue weighted by Gasteiger charge is -2.10. The molecule has 2 rings (SSSR count). The van der Waals surface area contributed by atoms with Gasteiger partial charge in [-0.25, -0.2) is 0 Å². The fourth-order valence-electron chi connectivity index (χ4n) is 1.61. The molecule has 0 spiro atoms. The lowest BCUT2D eigenvalue weighted by atomic mass is 9.99. The Morgan fingerprint density at radius 2 is 2.07 bits per heavy atom. The van der Waals surface area contributed by atoms with Crippen molar-refractivity contribution < 1.29 is 0 Å². The van der Waals surface area contributed by atoms with E-state index < -0.39 is 0 Å². The normalized spacial score (nSPS) is 10.6. The van der Waals surface area contributed by atoms with Crippen LogP contribution >= 0.6 is 15.9 Å². The van der Waals surface area contributed by atoms with E-state index >= 15 is 0 Å². The van der Waals surface area contributed by atoms with Gasteiger partial charge in [-0.05, 0) is 31.0 Å². The number of aryl methyl sites for hydroxylation is 1. The summed E-state index contributed by atoms with van der Waals surface area (Å²) < 4.78 is 1.04. The molecule has 0 fully saturated rings. The van der Waals surface area contributed by atoms with E-state index in [0.29, 0.717) is 5.82 Å². The third-order valence-corrected chi connectivity index (χ3v) is 3.28. The molecule has 15 heavy (non-hydrogen) atoms. The summed E-state index contributed by atoms with van der Waals surface area (Å²) >= 11 is 3.54. The Balaban J connectivity index is 2.72. The van der Waals surface area contributed by atoms with Crippen LogP contribution in [-0.4, -0.2) is 10.2 Å². The van der Waals surface area contributed by atoms with Crippen molar-refractivity contribution in [3.05, 3.63) is 33.9 Å². The van der Waals surface area contributed by atoms with Crippen LogP contribution in [0.4, 0.5) is 5.82 Å². The molecule has 0 atom stereocenters. The number of nitrogens with zero attached hydrogens (tertiary/aromatic N) is 1. The Labute approximate surface area is 96.8 Å². The summed E-state index contributed by atoms with van der Waals surface area (Å²) in [5, 5.41) is 6.69. The number of hydrogen-bond acceptors (Lipinski definition) is 2. The molecule has 0 aliphatic rings. The number of aromatic nitrogens is 2. The standard InChI is InChI=1S/C11H12BrN3/c1-6-3-4-9(12)10(7(6)2)8-5-14-15-11(8)13/h3-5H,1-2H3,(H3,13,14,15). The Morgan fingerprint density at radius 3 is 2.67 bits per heavy atom. The maximum absolute atomic E-state index is 5.82. The fraction of sp³-hybridized carbons (Fsp3) is 0.182. The minimum absolute atomic E-state index is 0.601. The number of H-pyrrole nitrogens is 1. The summed E-state index contributed by atoms with van der Waals surface area (Å²) in [5.74, 6) is 0.601. The number of halogens is 1. The van der Waals surface area contributed by atoms with Gasteiger partial charge in [-0.1, -0.05) is 22.0 Å². The van der Waals surface area contributed by atoms with Crippen molar-refractivity contribution in [3.8, 4) is 11.1 Å². The number of nitrogens with one attached hydrogen (secondary N) is 1. The second-order valence-corrected chi connectivity index (χ2v) is 4.42. The molecule has 0 saturated heterocycles. The van der Waals surface area contributed by atoms with Gasteiger partial charge in [0.25, 0.3) is 0 Å². The Hall–Kier alpha value is -1.29. The van der Waals surface area contributed by atoms with E-state index in [1.807, 2.05) is 6.07 Å². The van der Waals surface area contributed by atoms with Gasteiger partial charge in [0.05, 0.1) is 6.20 Å². The highest BCUT2D eigenvalue weighted by atomic mass is 79.9. The molecular weight excluding hydrogens is 254 g/mol. The average molecular weight is 266 g/mol. The van der Waals surface area contributed by atoms with Crippen LogP contribution in [0.5, 0.6) is 0 Å². The summed E-state index contributed by atoms with van der Waals surface area (Å²) in [6.45, 7) is 4.17. The molecular formula is C11H12BrN3. The van der Waals surface area contributed by atoms with E-state index in [-0.39, 0.29) is 0 Å². The first-order valence-electron chi connectivity index (χ1n) is 4.66. The lowest BCUT2D eigenvalue weighted by Crippen LogP contribution is -1.92. The van der Waals surface area contributed by atoms with E-state index in [9.17, 15) is 0 Å². The molecule has 0 amide bonds. The Bertz CT molecular complexity index is 503. The molecule has 1 heterocycles. The largest absolute Gasteiger partial charge is 0.384 e. The maximum atomic E-state index is 5.82. The SMILES string of the molecule is Cc1ccc(Br)c(-c2cn[nH]c2N)c1C. The highest BCUT2D eigenvalue weighted by Crippen LogP contribution is 2.35. The summed E-state index contributed by atoms with van der Waals surface area (Å²) in [5.41, 5.74) is 10.3. The van der Waals surface area contributed by atoms with Gasteiger partial charge in [0.15, 0.2) is 0 Å². The Morgan fingerprint density at radius 1 is 1.33 bits per heavy atom. The van der Waals surface area contributed by atoms with Gasteiger partial charge in [0.1, 0.15) is 5.82 Å². The first-order valence-corrected chi connectivity index (χ1v) is 5.45. The van der Waals surface area contributed by atoms with Crippen LogP contribution in [-0.2, 0) is 0 Å². The molecule has 3 nitrogen and oxygen atoms in total. The highest BCUT2D eigenvalue weighted by Gasteiger charge is 2.12. The molecule has 0 saturated carbocycles. The Kier molecular flexibility index (Phi) is 2.52. The number of anilines is 1. The van der Waals surface area contributed by atoms with Crippen molar-refractivity contribution in [2.24, 2.45) is 0 Å². The van der Waals surface area contributed by atoms with Crippen molar-refractivity contribution in [1.82, 2.24) is 10.2 Å². The third kappa shape index (κ3) is 1.65. The first kappa shape index (κ1) is 10.2. The van der Waals surface area contributed by atoms with Crippen LogP contribution in [0.25, 0.3) is 11.1 Å². The average Bonchev–Trinajstić information content (AvgIpc) is 2.60. The number of hydrogen-bond donors (Lipinski definition) is 2. The second-order valence-electron chi connectivity index (χ2n) is 3.56. The lowest BCUT2D eigenvalue weighted by molar-refractivity contribution is 1.10. The number of nitrogens with two attached hydrogens (primary N) is 1. The predicted octanol–water partition coefficient (Wildman–Crippen LogP) is 3.04. The van der Waals surface area contributed by atoms with Crippen LogP contribution in [0.2, 0.25) is 0 Å². The zero-order valence-corrected chi connectivity index (χ0v) is 10.2. The molecule has 0 bridgehead atoms. The number of aromatic amines is 1. The smallest absolute Gasteiger partial charge is 0.126 e. The predicted molar refractivity (Wildman–Crippen MR) is 65.6 cm³/mol. The van der Waals surface area contributed by atoms with Crippen LogP contribution in [0, 0.1) is 13.8 Å². The maximum Gasteiger partial charge on any atom is 0.126 e. The van der Waals surface area contributed by atoms with Gasteiger partial charge < -0.3 is 5.73 Å². The van der Waals surface area contributed by atoms with Gasteiger partial charge in [0.2, 0.25) is 0 Å². The van der Waals surface area contributed by atoms with E-state index in [1.54, 1.807) is 6.20 Å². The van der Waals surface area contributed by atoms with Crippen LogP contribution in [0.3, 0.4) is 0 Å². The molecule has 0 aliphatic heterocycles. The molecule has 2 aromatic rings. The monoisotopic (exact) mass is 265 g/mol. The zero-order valence-electron chi connectivity index (χ0n) is 8.63.